The normalized spacial score (nSPS) is 11.9. The van der Waals surface area contributed by atoms with Crippen molar-refractivity contribution in [2.75, 3.05) is 13.7 Å². The molecule has 0 unspecified atom stereocenters. The minimum absolute atomic E-state index is 0.336. The number of ether oxygens (including phenoxy) is 2. The molecule has 0 spiro atoms. The zero-order chi connectivity index (χ0) is 11.3. The average Bonchev–Trinajstić information content (AvgIpc) is 2.28. The van der Waals surface area contributed by atoms with Crippen molar-refractivity contribution in [2.24, 2.45) is 5.73 Å². The van der Waals surface area contributed by atoms with E-state index in [0.717, 1.165) is 5.75 Å². The van der Waals surface area contributed by atoms with Gasteiger partial charge in [-0.05, 0) is 24.6 Å². The third-order valence-electron chi connectivity index (χ3n) is 2.02. The number of hydrogen-bond acceptors (Lipinski definition) is 4. The van der Waals surface area contributed by atoms with Crippen LogP contribution in [0, 0.1) is 0 Å². The quantitative estimate of drug-likeness (QED) is 0.758. The standard InChI is InChI=1S/C11H15NO3/c1-3-15-11(13)10(12)8-4-6-9(14-2)7-5-8/h4-7,10H,3,12H2,1-2H3/t10-/m1/s1. The molecule has 0 radical (unpaired) electrons. The van der Waals surface area contributed by atoms with E-state index < -0.39 is 12.0 Å². The van der Waals surface area contributed by atoms with E-state index in [4.69, 9.17) is 15.2 Å². The van der Waals surface area contributed by atoms with Crippen LogP contribution < -0.4 is 10.5 Å². The predicted octanol–water partition coefficient (Wildman–Crippen LogP) is 1.26. The van der Waals surface area contributed by atoms with Gasteiger partial charge in [0.2, 0.25) is 0 Å². The Bertz CT molecular complexity index is 321. The van der Waals surface area contributed by atoms with Crippen LogP contribution in [-0.4, -0.2) is 19.7 Å². The molecule has 0 saturated carbocycles. The highest BCUT2D eigenvalue weighted by atomic mass is 16.5. The highest BCUT2D eigenvalue weighted by Crippen LogP contribution is 2.16. The summed E-state index contributed by atoms with van der Waals surface area (Å²) in [4.78, 5) is 11.3. The molecule has 82 valence electrons. The van der Waals surface area contributed by atoms with Gasteiger partial charge in [0.1, 0.15) is 11.8 Å². The molecule has 2 N–H and O–H groups in total. The number of benzene rings is 1. The van der Waals surface area contributed by atoms with Gasteiger partial charge in [-0.15, -0.1) is 0 Å². The van der Waals surface area contributed by atoms with E-state index in [1.165, 1.54) is 0 Å². The first-order chi connectivity index (χ1) is 7.19. The molecule has 4 nitrogen and oxygen atoms in total. The summed E-state index contributed by atoms with van der Waals surface area (Å²) >= 11 is 0. The molecule has 0 bridgehead atoms. The number of rotatable bonds is 4. The molecule has 1 aromatic carbocycles. The van der Waals surface area contributed by atoms with E-state index in [-0.39, 0.29) is 0 Å². The largest absolute Gasteiger partial charge is 0.497 e. The molecule has 1 atom stereocenters. The van der Waals surface area contributed by atoms with Crippen molar-refractivity contribution in [1.29, 1.82) is 0 Å². The summed E-state index contributed by atoms with van der Waals surface area (Å²) in [5.41, 5.74) is 6.42. The fourth-order valence-electron chi connectivity index (χ4n) is 1.18. The minimum atomic E-state index is -0.726. The average molecular weight is 209 g/mol. The Kier molecular flexibility index (Phi) is 4.12. The molecule has 1 rings (SSSR count). The molecular formula is C11H15NO3. The Balaban J connectivity index is 2.73. The van der Waals surface area contributed by atoms with Crippen molar-refractivity contribution in [3.05, 3.63) is 29.8 Å². The van der Waals surface area contributed by atoms with Crippen LogP contribution in [0.25, 0.3) is 0 Å². The van der Waals surface area contributed by atoms with Crippen molar-refractivity contribution in [1.82, 2.24) is 0 Å². The summed E-state index contributed by atoms with van der Waals surface area (Å²) in [7, 11) is 1.58. The predicted molar refractivity (Wildman–Crippen MR) is 56.6 cm³/mol. The van der Waals surface area contributed by atoms with Crippen molar-refractivity contribution in [3.63, 3.8) is 0 Å². The first-order valence-corrected chi connectivity index (χ1v) is 4.75. The number of hydrogen-bond donors (Lipinski definition) is 1. The topological polar surface area (TPSA) is 61.5 Å². The molecule has 0 aromatic heterocycles. The van der Waals surface area contributed by atoms with Gasteiger partial charge in [0.15, 0.2) is 0 Å². The first kappa shape index (κ1) is 11.5. The van der Waals surface area contributed by atoms with Gasteiger partial charge in [-0.25, -0.2) is 4.79 Å². The second-order valence-electron chi connectivity index (χ2n) is 3.00. The zero-order valence-corrected chi connectivity index (χ0v) is 8.90. The molecule has 0 fully saturated rings. The van der Waals surface area contributed by atoms with Gasteiger partial charge in [0.05, 0.1) is 13.7 Å². The summed E-state index contributed by atoms with van der Waals surface area (Å²) in [5.74, 6) is 0.317. The minimum Gasteiger partial charge on any atom is -0.497 e. The van der Waals surface area contributed by atoms with Crippen molar-refractivity contribution < 1.29 is 14.3 Å². The summed E-state index contributed by atoms with van der Waals surface area (Å²) in [6.07, 6.45) is 0. The smallest absolute Gasteiger partial charge is 0.327 e. The molecule has 0 aliphatic rings. The Morgan fingerprint density at radius 3 is 2.47 bits per heavy atom. The monoisotopic (exact) mass is 209 g/mol. The van der Waals surface area contributed by atoms with Gasteiger partial charge in [-0.2, -0.15) is 0 Å². The van der Waals surface area contributed by atoms with Gasteiger partial charge in [0.25, 0.3) is 0 Å². The molecule has 0 aliphatic carbocycles. The molecule has 4 heteroatoms. The Hall–Kier alpha value is -1.55. The van der Waals surface area contributed by atoms with Crippen LogP contribution in [0.15, 0.2) is 24.3 Å². The van der Waals surface area contributed by atoms with E-state index >= 15 is 0 Å². The highest BCUT2D eigenvalue weighted by Gasteiger charge is 2.16. The maximum Gasteiger partial charge on any atom is 0.327 e. The van der Waals surface area contributed by atoms with E-state index in [1.54, 1.807) is 38.3 Å². The third kappa shape index (κ3) is 2.95. The SMILES string of the molecule is CCOC(=O)[C@H](N)c1ccc(OC)cc1. The molecule has 15 heavy (non-hydrogen) atoms. The van der Waals surface area contributed by atoms with Gasteiger partial charge in [-0.1, -0.05) is 12.1 Å². The maximum atomic E-state index is 11.3. The van der Waals surface area contributed by atoms with Crippen LogP contribution >= 0.6 is 0 Å². The fraction of sp³-hybridized carbons (Fsp3) is 0.364. The van der Waals surface area contributed by atoms with Gasteiger partial charge >= 0.3 is 5.97 Å². The number of methoxy groups -OCH3 is 1. The van der Waals surface area contributed by atoms with Gasteiger partial charge in [0, 0.05) is 0 Å². The second-order valence-corrected chi connectivity index (χ2v) is 3.00. The number of carbonyl (C=O) groups excluding carboxylic acids is 1. The number of carbonyl (C=O) groups is 1. The van der Waals surface area contributed by atoms with Crippen molar-refractivity contribution in [3.8, 4) is 5.75 Å². The lowest BCUT2D eigenvalue weighted by Crippen LogP contribution is -2.23. The van der Waals surface area contributed by atoms with Crippen LogP contribution in [0.1, 0.15) is 18.5 Å². The number of esters is 1. The van der Waals surface area contributed by atoms with E-state index in [1.807, 2.05) is 0 Å². The zero-order valence-electron chi connectivity index (χ0n) is 8.90. The van der Waals surface area contributed by atoms with Crippen LogP contribution in [0.2, 0.25) is 0 Å². The van der Waals surface area contributed by atoms with Gasteiger partial charge < -0.3 is 15.2 Å². The first-order valence-electron chi connectivity index (χ1n) is 4.75. The molecular weight excluding hydrogens is 194 g/mol. The molecule has 0 aliphatic heterocycles. The Morgan fingerprint density at radius 2 is 2.00 bits per heavy atom. The molecule has 0 amide bonds. The van der Waals surface area contributed by atoms with Crippen LogP contribution in [-0.2, 0) is 9.53 Å². The van der Waals surface area contributed by atoms with Crippen molar-refractivity contribution >= 4 is 5.97 Å². The molecule has 1 aromatic rings. The lowest BCUT2D eigenvalue weighted by molar-refractivity contribution is -0.144. The van der Waals surface area contributed by atoms with Crippen molar-refractivity contribution in [2.45, 2.75) is 13.0 Å². The lowest BCUT2D eigenvalue weighted by atomic mass is 10.1. The summed E-state index contributed by atoms with van der Waals surface area (Å²) < 4.78 is 9.82. The highest BCUT2D eigenvalue weighted by molar-refractivity contribution is 5.77. The van der Waals surface area contributed by atoms with E-state index in [9.17, 15) is 4.79 Å². The van der Waals surface area contributed by atoms with Crippen LogP contribution in [0.3, 0.4) is 0 Å². The molecule has 0 heterocycles. The fourth-order valence-corrected chi connectivity index (χ4v) is 1.18. The summed E-state index contributed by atoms with van der Waals surface area (Å²) in [6, 6.07) is 6.29. The Labute approximate surface area is 89.0 Å². The molecule has 0 saturated heterocycles. The lowest BCUT2D eigenvalue weighted by Gasteiger charge is -2.11. The summed E-state index contributed by atoms with van der Waals surface area (Å²) in [5, 5.41) is 0. The van der Waals surface area contributed by atoms with E-state index in [2.05, 4.69) is 0 Å². The Morgan fingerprint density at radius 1 is 1.40 bits per heavy atom. The second kappa shape index (κ2) is 5.36. The van der Waals surface area contributed by atoms with Crippen LogP contribution in [0.4, 0.5) is 0 Å². The number of nitrogens with two attached hydrogens (primary N) is 1. The van der Waals surface area contributed by atoms with Crippen LogP contribution in [0.5, 0.6) is 5.75 Å². The maximum absolute atomic E-state index is 11.3. The summed E-state index contributed by atoms with van der Waals surface area (Å²) in [6.45, 7) is 2.08. The third-order valence-corrected chi connectivity index (χ3v) is 2.02. The van der Waals surface area contributed by atoms with Gasteiger partial charge in [-0.3, -0.25) is 0 Å². The van der Waals surface area contributed by atoms with E-state index in [0.29, 0.717) is 12.2 Å².